The third-order valence-corrected chi connectivity index (χ3v) is 8.85. The van der Waals surface area contributed by atoms with E-state index in [9.17, 15) is 8.42 Å². The van der Waals surface area contributed by atoms with Crippen LogP contribution in [0.3, 0.4) is 0 Å². The molecule has 5 nitrogen and oxygen atoms in total. The summed E-state index contributed by atoms with van der Waals surface area (Å²) in [6.07, 6.45) is 0. The SMILES string of the molecule is Cc1ccc(-c2csc(N3CCN(S(=O)(=O)c4cc(C)c(Cl)cc4Cl)CC3)n2)cc1. The number of hydrogen-bond acceptors (Lipinski definition) is 5. The van der Waals surface area contributed by atoms with Crippen molar-refractivity contribution in [2.24, 2.45) is 0 Å². The molecule has 0 saturated carbocycles. The van der Waals surface area contributed by atoms with E-state index in [2.05, 4.69) is 36.1 Å². The summed E-state index contributed by atoms with van der Waals surface area (Å²) < 4.78 is 27.7. The lowest BCUT2D eigenvalue weighted by molar-refractivity contribution is 0.385. The second-order valence-corrected chi connectivity index (χ2v) is 10.9. The quantitative estimate of drug-likeness (QED) is 0.510. The molecule has 0 amide bonds. The van der Waals surface area contributed by atoms with Gasteiger partial charge in [-0.15, -0.1) is 11.3 Å². The largest absolute Gasteiger partial charge is 0.345 e. The highest BCUT2D eigenvalue weighted by atomic mass is 35.5. The number of nitrogens with zero attached hydrogens (tertiary/aromatic N) is 3. The van der Waals surface area contributed by atoms with Crippen LogP contribution in [0.15, 0.2) is 46.7 Å². The summed E-state index contributed by atoms with van der Waals surface area (Å²) >= 11 is 13.8. The Labute approximate surface area is 190 Å². The molecule has 1 aliphatic rings. The predicted molar refractivity (Wildman–Crippen MR) is 124 cm³/mol. The maximum atomic E-state index is 13.1. The first-order valence-electron chi connectivity index (χ1n) is 9.49. The van der Waals surface area contributed by atoms with E-state index in [-0.39, 0.29) is 9.92 Å². The number of rotatable bonds is 4. The van der Waals surface area contributed by atoms with Gasteiger partial charge in [0.1, 0.15) is 4.90 Å². The molecule has 0 N–H and O–H groups in total. The molecular formula is C21H21Cl2N3O2S2. The lowest BCUT2D eigenvalue weighted by atomic mass is 10.1. The molecule has 0 atom stereocenters. The Bertz CT molecular complexity index is 1170. The summed E-state index contributed by atoms with van der Waals surface area (Å²) in [7, 11) is -3.68. The summed E-state index contributed by atoms with van der Waals surface area (Å²) in [5.41, 5.74) is 3.91. The molecule has 1 saturated heterocycles. The van der Waals surface area contributed by atoms with Crippen LogP contribution < -0.4 is 4.90 Å². The first kappa shape index (κ1) is 21.6. The van der Waals surface area contributed by atoms with Crippen LogP contribution >= 0.6 is 34.5 Å². The lowest BCUT2D eigenvalue weighted by Crippen LogP contribution is -2.48. The number of hydrogen-bond donors (Lipinski definition) is 0. The number of anilines is 1. The lowest BCUT2D eigenvalue weighted by Gasteiger charge is -2.34. The van der Waals surface area contributed by atoms with Gasteiger partial charge in [0.05, 0.1) is 10.7 Å². The zero-order chi connectivity index (χ0) is 21.5. The molecule has 158 valence electrons. The maximum Gasteiger partial charge on any atom is 0.244 e. The van der Waals surface area contributed by atoms with Gasteiger partial charge in [-0.1, -0.05) is 53.0 Å². The normalized spacial score (nSPS) is 15.5. The van der Waals surface area contributed by atoms with Crippen LogP contribution in [0.2, 0.25) is 10.0 Å². The number of halogens is 2. The average molecular weight is 482 g/mol. The Hall–Kier alpha value is -1.64. The van der Waals surface area contributed by atoms with Gasteiger partial charge in [0.25, 0.3) is 0 Å². The highest BCUT2D eigenvalue weighted by molar-refractivity contribution is 7.89. The minimum atomic E-state index is -3.68. The van der Waals surface area contributed by atoms with Crippen molar-refractivity contribution in [1.82, 2.24) is 9.29 Å². The molecule has 0 aliphatic carbocycles. The zero-order valence-electron chi connectivity index (χ0n) is 16.6. The minimum absolute atomic E-state index is 0.107. The van der Waals surface area contributed by atoms with Gasteiger partial charge in [0.2, 0.25) is 10.0 Å². The Balaban J connectivity index is 1.48. The van der Waals surface area contributed by atoms with E-state index in [1.54, 1.807) is 24.3 Å². The molecule has 2 aromatic carbocycles. The third kappa shape index (κ3) is 4.22. The molecule has 1 aromatic heterocycles. The van der Waals surface area contributed by atoms with Crippen molar-refractivity contribution >= 4 is 49.7 Å². The second-order valence-electron chi connectivity index (χ2n) is 7.30. The molecule has 9 heteroatoms. The number of aromatic nitrogens is 1. The van der Waals surface area contributed by atoms with Crippen LogP contribution in [-0.4, -0.2) is 43.9 Å². The Morgan fingerprint density at radius 3 is 2.30 bits per heavy atom. The van der Waals surface area contributed by atoms with Gasteiger partial charge in [-0.05, 0) is 31.5 Å². The van der Waals surface area contributed by atoms with E-state index in [0.29, 0.717) is 36.8 Å². The third-order valence-electron chi connectivity index (χ3n) is 5.18. The summed E-state index contributed by atoms with van der Waals surface area (Å²) in [6, 6.07) is 11.3. The zero-order valence-corrected chi connectivity index (χ0v) is 19.7. The maximum absolute atomic E-state index is 13.1. The van der Waals surface area contributed by atoms with Crippen LogP contribution in [0.1, 0.15) is 11.1 Å². The number of aryl methyl sites for hydroxylation is 2. The van der Waals surface area contributed by atoms with E-state index in [0.717, 1.165) is 16.4 Å². The number of thiazole rings is 1. The van der Waals surface area contributed by atoms with E-state index >= 15 is 0 Å². The van der Waals surface area contributed by atoms with Gasteiger partial charge in [0.15, 0.2) is 5.13 Å². The molecule has 3 aromatic rings. The molecule has 2 heterocycles. The molecule has 0 bridgehead atoms. The topological polar surface area (TPSA) is 53.5 Å². The fourth-order valence-electron chi connectivity index (χ4n) is 3.35. The van der Waals surface area contributed by atoms with Crippen molar-refractivity contribution in [3.05, 3.63) is 63.0 Å². The molecule has 30 heavy (non-hydrogen) atoms. The number of sulfonamides is 1. The highest BCUT2D eigenvalue weighted by Gasteiger charge is 2.31. The molecular weight excluding hydrogens is 461 g/mol. The average Bonchev–Trinajstić information content (AvgIpc) is 3.21. The first-order chi connectivity index (χ1) is 14.3. The van der Waals surface area contributed by atoms with Gasteiger partial charge in [-0.2, -0.15) is 4.31 Å². The van der Waals surface area contributed by atoms with Crippen molar-refractivity contribution in [2.75, 3.05) is 31.1 Å². The van der Waals surface area contributed by atoms with Gasteiger partial charge < -0.3 is 4.90 Å². The van der Waals surface area contributed by atoms with Crippen molar-refractivity contribution in [2.45, 2.75) is 18.7 Å². The monoisotopic (exact) mass is 481 g/mol. The van der Waals surface area contributed by atoms with Crippen molar-refractivity contribution in [1.29, 1.82) is 0 Å². The van der Waals surface area contributed by atoms with Crippen LogP contribution in [0, 0.1) is 13.8 Å². The first-order valence-corrected chi connectivity index (χ1v) is 12.6. The number of benzene rings is 2. The minimum Gasteiger partial charge on any atom is -0.345 e. The Kier molecular flexibility index (Phi) is 6.10. The summed E-state index contributed by atoms with van der Waals surface area (Å²) in [5.74, 6) is 0. The van der Waals surface area contributed by atoms with E-state index in [1.165, 1.54) is 15.9 Å². The molecule has 4 rings (SSSR count). The van der Waals surface area contributed by atoms with Gasteiger partial charge in [-0.25, -0.2) is 13.4 Å². The second kappa shape index (κ2) is 8.48. The van der Waals surface area contributed by atoms with Crippen molar-refractivity contribution in [3.8, 4) is 11.3 Å². The van der Waals surface area contributed by atoms with Crippen molar-refractivity contribution in [3.63, 3.8) is 0 Å². The van der Waals surface area contributed by atoms with Crippen LogP contribution in [0.5, 0.6) is 0 Å². The number of piperazine rings is 1. The fourth-order valence-corrected chi connectivity index (χ4v) is 6.47. The molecule has 0 spiro atoms. The van der Waals surface area contributed by atoms with Crippen LogP contribution in [0.4, 0.5) is 5.13 Å². The van der Waals surface area contributed by atoms with Gasteiger partial charge >= 0.3 is 0 Å². The highest BCUT2D eigenvalue weighted by Crippen LogP contribution is 2.32. The summed E-state index contributed by atoms with van der Waals surface area (Å²) in [5, 5.41) is 3.55. The van der Waals surface area contributed by atoms with Gasteiger partial charge in [0, 0.05) is 42.1 Å². The Morgan fingerprint density at radius 2 is 1.63 bits per heavy atom. The van der Waals surface area contributed by atoms with E-state index in [1.807, 2.05) is 5.38 Å². The molecule has 0 unspecified atom stereocenters. The molecule has 0 radical (unpaired) electrons. The van der Waals surface area contributed by atoms with Crippen molar-refractivity contribution < 1.29 is 8.42 Å². The van der Waals surface area contributed by atoms with E-state index < -0.39 is 10.0 Å². The summed E-state index contributed by atoms with van der Waals surface area (Å²) in [4.78, 5) is 6.99. The molecule has 1 aliphatic heterocycles. The van der Waals surface area contributed by atoms with E-state index in [4.69, 9.17) is 28.2 Å². The molecule has 1 fully saturated rings. The Morgan fingerprint density at radius 1 is 0.967 bits per heavy atom. The summed E-state index contributed by atoms with van der Waals surface area (Å²) in [6.45, 7) is 5.72. The standard InChI is InChI=1S/C21H21Cl2N3O2S2/c1-14-3-5-16(6-4-14)19-13-29-21(24-19)25-7-9-26(10-8-25)30(27,28)20-11-15(2)17(22)12-18(20)23/h3-6,11-13H,7-10H2,1-2H3. The predicted octanol–water partition coefficient (Wildman–Crippen LogP) is 5.24. The fraction of sp³-hybridized carbons (Fsp3) is 0.286. The van der Waals surface area contributed by atoms with Crippen LogP contribution in [-0.2, 0) is 10.0 Å². The van der Waals surface area contributed by atoms with Crippen LogP contribution in [0.25, 0.3) is 11.3 Å². The van der Waals surface area contributed by atoms with Gasteiger partial charge in [-0.3, -0.25) is 0 Å². The smallest absolute Gasteiger partial charge is 0.244 e.